The summed E-state index contributed by atoms with van der Waals surface area (Å²) in [5, 5.41) is 28.2. The van der Waals surface area contributed by atoms with Crippen molar-refractivity contribution in [2.45, 2.75) is 12.5 Å². The van der Waals surface area contributed by atoms with Gasteiger partial charge in [0.2, 0.25) is 0 Å². The van der Waals surface area contributed by atoms with Crippen LogP contribution < -0.4 is 4.74 Å². The van der Waals surface area contributed by atoms with Gasteiger partial charge in [-0.15, -0.1) is 0 Å². The molecule has 20 heavy (non-hydrogen) atoms. The van der Waals surface area contributed by atoms with Crippen molar-refractivity contribution in [3.8, 4) is 23.0 Å². The average Bonchev–Trinajstić information content (AvgIpc) is 2.42. The maximum Gasteiger partial charge on any atom is 0.170 e. The largest absolute Gasteiger partial charge is 0.508 e. The summed E-state index contributed by atoms with van der Waals surface area (Å²) in [5.74, 6) is -0.200. The Balaban J connectivity index is 1.97. The lowest BCUT2D eigenvalue weighted by Gasteiger charge is -2.25. The minimum absolute atomic E-state index is 0.0152. The molecule has 0 bridgehead atoms. The first-order valence-corrected chi connectivity index (χ1v) is 6.09. The molecule has 2 aromatic rings. The van der Waals surface area contributed by atoms with E-state index in [1.165, 1.54) is 30.3 Å². The van der Waals surface area contributed by atoms with E-state index >= 15 is 0 Å². The first-order valence-electron chi connectivity index (χ1n) is 6.09. The summed E-state index contributed by atoms with van der Waals surface area (Å²) < 4.78 is 5.71. The van der Waals surface area contributed by atoms with Gasteiger partial charge in [-0.3, -0.25) is 4.79 Å². The lowest BCUT2D eigenvalue weighted by Crippen LogP contribution is -2.20. The maximum absolute atomic E-state index is 12.1. The summed E-state index contributed by atoms with van der Waals surface area (Å²) in [4.78, 5) is 12.1. The third-order valence-corrected chi connectivity index (χ3v) is 3.27. The first kappa shape index (κ1) is 12.3. The zero-order chi connectivity index (χ0) is 14.3. The molecule has 3 N–H and O–H groups in total. The Morgan fingerprint density at radius 3 is 2.55 bits per heavy atom. The first-order chi connectivity index (χ1) is 9.54. The molecule has 1 aliphatic heterocycles. The van der Waals surface area contributed by atoms with E-state index in [1.54, 1.807) is 6.07 Å². The van der Waals surface area contributed by atoms with Crippen LogP contribution in [0.15, 0.2) is 36.4 Å². The number of aromatic hydroxyl groups is 3. The average molecular weight is 272 g/mol. The molecule has 0 saturated heterocycles. The number of Topliss-reactive ketones (excluding diaryl/α,β-unsaturated/α-hetero) is 1. The quantitative estimate of drug-likeness (QED) is 0.694. The van der Waals surface area contributed by atoms with Gasteiger partial charge in [0, 0.05) is 0 Å². The van der Waals surface area contributed by atoms with E-state index in [0.29, 0.717) is 16.9 Å². The smallest absolute Gasteiger partial charge is 0.170 e. The van der Waals surface area contributed by atoms with Crippen LogP contribution in [0, 0.1) is 0 Å². The topological polar surface area (TPSA) is 87.0 Å². The predicted molar refractivity (Wildman–Crippen MR) is 70.2 cm³/mol. The van der Waals surface area contributed by atoms with Crippen LogP contribution in [0.25, 0.3) is 0 Å². The van der Waals surface area contributed by atoms with Crippen molar-refractivity contribution in [2.24, 2.45) is 0 Å². The van der Waals surface area contributed by atoms with Crippen molar-refractivity contribution in [1.82, 2.24) is 0 Å². The summed E-state index contributed by atoms with van der Waals surface area (Å²) in [5.41, 5.74) is 0.955. The fourth-order valence-electron chi connectivity index (χ4n) is 2.24. The van der Waals surface area contributed by atoms with E-state index in [-0.39, 0.29) is 29.5 Å². The van der Waals surface area contributed by atoms with Gasteiger partial charge in [-0.1, -0.05) is 6.07 Å². The fraction of sp³-hybridized carbons (Fsp3) is 0.133. The number of phenolic OH excluding ortho intramolecular Hbond substituents is 3. The Labute approximate surface area is 114 Å². The van der Waals surface area contributed by atoms with E-state index in [1.807, 2.05) is 0 Å². The zero-order valence-electron chi connectivity index (χ0n) is 10.4. The van der Waals surface area contributed by atoms with Crippen LogP contribution in [0.4, 0.5) is 0 Å². The second kappa shape index (κ2) is 4.45. The number of fused-ring (bicyclic) bond motifs is 1. The lowest BCUT2D eigenvalue weighted by molar-refractivity contribution is 0.0849. The Bertz CT molecular complexity index is 693. The van der Waals surface area contributed by atoms with Gasteiger partial charge < -0.3 is 20.1 Å². The highest BCUT2D eigenvalue weighted by atomic mass is 16.5. The molecule has 5 heteroatoms. The second-order valence-corrected chi connectivity index (χ2v) is 4.66. The van der Waals surface area contributed by atoms with E-state index < -0.39 is 6.10 Å². The van der Waals surface area contributed by atoms with Gasteiger partial charge in [0.05, 0.1) is 12.0 Å². The third kappa shape index (κ3) is 2.03. The molecule has 5 nitrogen and oxygen atoms in total. The Hall–Kier alpha value is -2.69. The standard InChI is InChI=1S/C15H12O5/c16-9-2-4-14-10(6-9)12(18)7-15(20-14)8-1-3-11(17)13(19)5-8/h1-6,15-17,19H,7H2. The van der Waals surface area contributed by atoms with Crippen LogP contribution in [0.2, 0.25) is 0 Å². The molecule has 1 unspecified atom stereocenters. The summed E-state index contributed by atoms with van der Waals surface area (Å²) in [6.07, 6.45) is -0.410. The van der Waals surface area contributed by atoms with Crippen LogP contribution in [0.3, 0.4) is 0 Å². The minimum Gasteiger partial charge on any atom is -0.508 e. The minimum atomic E-state index is -0.522. The van der Waals surface area contributed by atoms with E-state index in [0.717, 1.165) is 0 Å². The highest BCUT2D eigenvalue weighted by Crippen LogP contribution is 2.38. The number of rotatable bonds is 1. The van der Waals surface area contributed by atoms with Crippen LogP contribution in [-0.2, 0) is 0 Å². The highest BCUT2D eigenvalue weighted by Gasteiger charge is 2.28. The number of carbonyl (C=O) groups is 1. The zero-order valence-corrected chi connectivity index (χ0v) is 10.4. The molecule has 1 atom stereocenters. The number of ketones is 1. The second-order valence-electron chi connectivity index (χ2n) is 4.66. The highest BCUT2D eigenvalue weighted by molar-refractivity contribution is 6.00. The van der Waals surface area contributed by atoms with Gasteiger partial charge in [-0.05, 0) is 35.9 Å². The van der Waals surface area contributed by atoms with Crippen molar-refractivity contribution in [1.29, 1.82) is 0 Å². The van der Waals surface area contributed by atoms with Crippen molar-refractivity contribution >= 4 is 5.78 Å². The molecule has 0 saturated carbocycles. The summed E-state index contributed by atoms with van der Waals surface area (Å²) in [6.45, 7) is 0. The maximum atomic E-state index is 12.1. The van der Waals surface area contributed by atoms with Crippen molar-refractivity contribution in [2.75, 3.05) is 0 Å². The van der Waals surface area contributed by atoms with Crippen molar-refractivity contribution < 1.29 is 24.9 Å². The molecule has 102 valence electrons. The number of hydrogen-bond acceptors (Lipinski definition) is 5. The summed E-state index contributed by atoms with van der Waals surface area (Å²) in [6, 6.07) is 8.68. The van der Waals surface area contributed by atoms with Gasteiger partial charge in [0.1, 0.15) is 17.6 Å². The molecule has 0 aromatic heterocycles. The molecule has 0 radical (unpaired) electrons. The predicted octanol–water partition coefficient (Wildman–Crippen LogP) is 2.51. The van der Waals surface area contributed by atoms with Crippen LogP contribution in [0.1, 0.15) is 28.4 Å². The van der Waals surface area contributed by atoms with E-state index in [2.05, 4.69) is 0 Å². The molecule has 0 fully saturated rings. The van der Waals surface area contributed by atoms with E-state index in [4.69, 9.17) is 4.74 Å². The molecular weight excluding hydrogens is 260 g/mol. The summed E-state index contributed by atoms with van der Waals surface area (Å²) in [7, 11) is 0. The molecular formula is C15H12O5. The van der Waals surface area contributed by atoms with Gasteiger partial charge in [0.15, 0.2) is 17.3 Å². The monoisotopic (exact) mass is 272 g/mol. The third-order valence-electron chi connectivity index (χ3n) is 3.27. The molecule has 0 spiro atoms. The molecule has 0 amide bonds. The van der Waals surface area contributed by atoms with Gasteiger partial charge in [-0.2, -0.15) is 0 Å². The van der Waals surface area contributed by atoms with Crippen LogP contribution in [-0.4, -0.2) is 21.1 Å². The number of phenols is 3. The van der Waals surface area contributed by atoms with E-state index in [9.17, 15) is 20.1 Å². The Morgan fingerprint density at radius 2 is 1.80 bits per heavy atom. The number of carbonyl (C=O) groups excluding carboxylic acids is 1. The fourth-order valence-corrected chi connectivity index (χ4v) is 2.24. The van der Waals surface area contributed by atoms with Crippen molar-refractivity contribution in [3.63, 3.8) is 0 Å². The number of hydrogen-bond donors (Lipinski definition) is 3. The van der Waals surface area contributed by atoms with Gasteiger partial charge in [-0.25, -0.2) is 0 Å². The summed E-state index contributed by atoms with van der Waals surface area (Å²) >= 11 is 0. The van der Waals surface area contributed by atoms with Crippen LogP contribution >= 0.6 is 0 Å². The SMILES string of the molecule is O=C1CC(c2ccc(O)c(O)c2)Oc2ccc(O)cc21. The molecule has 3 rings (SSSR count). The van der Waals surface area contributed by atoms with Crippen LogP contribution in [0.5, 0.6) is 23.0 Å². The lowest BCUT2D eigenvalue weighted by atomic mass is 9.96. The van der Waals surface area contributed by atoms with Crippen molar-refractivity contribution in [3.05, 3.63) is 47.5 Å². The normalized spacial score (nSPS) is 17.4. The Morgan fingerprint density at radius 1 is 1.00 bits per heavy atom. The van der Waals surface area contributed by atoms with Gasteiger partial charge in [0.25, 0.3) is 0 Å². The Kier molecular flexibility index (Phi) is 2.75. The molecule has 0 aliphatic carbocycles. The molecule has 1 aliphatic rings. The van der Waals surface area contributed by atoms with Gasteiger partial charge >= 0.3 is 0 Å². The number of ether oxygens (including phenoxy) is 1. The molecule has 2 aromatic carbocycles. The number of benzene rings is 2. The molecule has 1 heterocycles.